The van der Waals surface area contributed by atoms with Gasteiger partial charge in [-0.25, -0.2) is 5.01 Å². The van der Waals surface area contributed by atoms with Crippen LogP contribution in [-0.2, 0) is 0 Å². The van der Waals surface area contributed by atoms with Gasteiger partial charge in [0, 0.05) is 0 Å². The van der Waals surface area contributed by atoms with E-state index in [0.29, 0.717) is 5.88 Å². The molecule has 0 radical (unpaired) electrons. The van der Waals surface area contributed by atoms with Gasteiger partial charge >= 0.3 is 0 Å². The Hall–Kier alpha value is -0.710. The Kier molecular flexibility index (Phi) is 1.38. The molecule has 3 N–H and O–H groups in total. The van der Waals surface area contributed by atoms with E-state index in [-0.39, 0.29) is 5.96 Å². The Labute approximate surface area is 51.2 Å². The summed E-state index contributed by atoms with van der Waals surface area (Å²) in [6, 6.07) is 0. The third-order valence-electron chi connectivity index (χ3n) is 0.736. The van der Waals surface area contributed by atoms with Crippen molar-refractivity contribution in [1.82, 2.24) is 5.01 Å². The monoisotopic (exact) mass is 130 g/mol. The molecule has 1 aliphatic heterocycles. The number of nitrogens with two attached hydrogens (primary N) is 1. The molecule has 0 aliphatic carbocycles. The first kappa shape index (κ1) is 5.43. The van der Waals surface area contributed by atoms with Crippen LogP contribution in [0.2, 0.25) is 0 Å². The maximum atomic E-state index is 6.87. The predicted molar refractivity (Wildman–Crippen MR) is 34.7 cm³/mol. The van der Waals surface area contributed by atoms with Crippen LogP contribution >= 0.6 is 11.8 Å². The molecule has 0 fully saturated rings. The summed E-state index contributed by atoms with van der Waals surface area (Å²) in [5.41, 5.74) is 6.75. The fraction of sp³-hybridized carbons (Fsp3) is 0.333. The van der Waals surface area contributed by atoms with Gasteiger partial charge in [-0.05, 0) is 0 Å². The number of guanidine groups is 1. The van der Waals surface area contributed by atoms with E-state index < -0.39 is 0 Å². The van der Waals surface area contributed by atoms with Crippen LogP contribution < -0.4 is 5.73 Å². The van der Waals surface area contributed by atoms with E-state index >= 15 is 0 Å². The molecule has 1 rings (SSSR count). The van der Waals surface area contributed by atoms with Crippen LogP contribution in [0.5, 0.6) is 0 Å². The highest BCUT2D eigenvalue weighted by atomic mass is 32.2. The molecular weight excluding hydrogens is 124 g/mol. The normalized spacial score (nSPS) is 17.2. The van der Waals surface area contributed by atoms with Crippen molar-refractivity contribution in [1.29, 1.82) is 5.41 Å². The highest BCUT2D eigenvalue weighted by molar-refractivity contribution is 8.12. The van der Waals surface area contributed by atoms with Crippen molar-refractivity contribution >= 4 is 23.3 Å². The van der Waals surface area contributed by atoms with Crippen LogP contribution in [0, 0.1) is 5.41 Å². The number of hydrogen-bond acceptors (Lipinski definition) is 3. The fourth-order valence-corrected chi connectivity index (χ4v) is 0.953. The Morgan fingerprint density at radius 3 is 3.00 bits per heavy atom. The standard InChI is InChI=1S/C3H6N4S/c4-3(5)7-2-8-1-6-7/h1H,2H2,(H3,4,5). The van der Waals surface area contributed by atoms with Crippen LogP contribution in [0.1, 0.15) is 0 Å². The minimum absolute atomic E-state index is 0.00579. The summed E-state index contributed by atoms with van der Waals surface area (Å²) >= 11 is 1.52. The molecule has 0 bridgehead atoms. The van der Waals surface area contributed by atoms with Gasteiger partial charge in [0.1, 0.15) is 0 Å². The molecule has 1 heterocycles. The van der Waals surface area contributed by atoms with Gasteiger partial charge < -0.3 is 5.73 Å². The first-order chi connectivity index (χ1) is 3.80. The van der Waals surface area contributed by atoms with E-state index in [9.17, 15) is 0 Å². The summed E-state index contributed by atoms with van der Waals surface area (Å²) in [6.07, 6.45) is 0. The molecule has 0 aromatic heterocycles. The summed E-state index contributed by atoms with van der Waals surface area (Å²) in [6.45, 7) is 0. The molecule has 8 heavy (non-hydrogen) atoms. The van der Waals surface area contributed by atoms with Crippen LogP contribution in [0.3, 0.4) is 0 Å². The molecule has 5 heteroatoms. The van der Waals surface area contributed by atoms with Gasteiger partial charge in [-0.3, -0.25) is 5.41 Å². The Balaban J connectivity index is 2.48. The van der Waals surface area contributed by atoms with E-state index in [4.69, 9.17) is 11.1 Å². The van der Waals surface area contributed by atoms with Crippen molar-refractivity contribution in [2.75, 3.05) is 5.88 Å². The molecule has 0 atom stereocenters. The second-order valence-corrected chi connectivity index (χ2v) is 2.10. The van der Waals surface area contributed by atoms with Gasteiger partial charge in [0.05, 0.1) is 11.4 Å². The molecular formula is C3H6N4S. The first-order valence-electron chi connectivity index (χ1n) is 2.06. The summed E-state index contributed by atoms with van der Waals surface area (Å²) in [4.78, 5) is 0. The topological polar surface area (TPSA) is 65.5 Å². The van der Waals surface area contributed by atoms with Crippen LogP contribution in [0.25, 0.3) is 0 Å². The summed E-state index contributed by atoms with van der Waals surface area (Å²) in [5, 5.41) is 12.0. The van der Waals surface area contributed by atoms with Crippen molar-refractivity contribution in [2.45, 2.75) is 0 Å². The smallest absolute Gasteiger partial charge is 0.210 e. The average molecular weight is 130 g/mol. The number of rotatable bonds is 0. The van der Waals surface area contributed by atoms with Crippen molar-refractivity contribution < 1.29 is 0 Å². The van der Waals surface area contributed by atoms with Gasteiger partial charge in [-0.1, -0.05) is 11.8 Å². The Bertz CT molecular complexity index is 131. The summed E-state index contributed by atoms with van der Waals surface area (Å²) in [7, 11) is 0. The highest BCUT2D eigenvalue weighted by Gasteiger charge is 2.06. The van der Waals surface area contributed by atoms with Crippen molar-refractivity contribution in [3.05, 3.63) is 0 Å². The van der Waals surface area contributed by atoms with Crippen LogP contribution in [-0.4, -0.2) is 22.4 Å². The quantitative estimate of drug-likeness (QED) is 0.353. The van der Waals surface area contributed by atoms with Gasteiger partial charge in [0.2, 0.25) is 5.96 Å². The van der Waals surface area contributed by atoms with E-state index in [2.05, 4.69) is 5.10 Å². The van der Waals surface area contributed by atoms with E-state index in [1.807, 2.05) is 0 Å². The predicted octanol–water partition coefficient (Wildman–Crippen LogP) is -0.171. The number of nitrogens with one attached hydrogen (secondary N) is 1. The molecule has 0 amide bonds. The van der Waals surface area contributed by atoms with Crippen LogP contribution in [0.15, 0.2) is 5.10 Å². The number of hydrazone groups is 1. The Morgan fingerprint density at radius 1 is 2.00 bits per heavy atom. The molecule has 0 aromatic rings. The van der Waals surface area contributed by atoms with Gasteiger partial charge in [-0.2, -0.15) is 5.10 Å². The third kappa shape index (κ3) is 0.919. The van der Waals surface area contributed by atoms with Gasteiger partial charge in [0.15, 0.2) is 0 Å². The average Bonchev–Trinajstić information content (AvgIpc) is 2.12. The highest BCUT2D eigenvalue weighted by Crippen LogP contribution is 2.07. The molecule has 44 valence electrons. The summed E-state index contributed by atoms with van der Waals surface area (Å²) < 4.78 is 0. The second kappa shape index (κ2) is 2.04. The lowest BCUT2D eigenvalue weighted by atomic mass is 10.9. The maximum absolute atomic E-state index is 6.87. The zero-order valence-corrected chi connectivity index (χ0v) is 4.98. The van der Waals surface area contributed by atoms with E-state index in [1.165, 1.54) is 16.8 Å². The molecule has 4 nitrogen and oxygen atoms in total. The lowest BCUT2D eigenvalue weighted by Gasteiger charge is -2.07. The molecule has 0 aromatic carbocycles. The second-order valence-electron chi connectivity index (χ2n) is 1.30. The third-order valence-corrected chi connectivity index (χ3v) is 1.37. The van der Waals surface area contributed by atoms with Gasteiger partial charge in [0.25, 0.3) is 0 Å². The van der Waals surface area contributed by atoms with Crippen molar-refractivity contribution in [2.24, 2.45) is 10.8 Å². The molecule has 0 saturated heterocycles. The zero-order valence-electron chi connectivity index (χ0n) is 4.16. The Morgan fingerprint density at radius 2 is 2.75 bits per heavy atom. The largest absolute Gasteiger partial charge is 0.369 e. The fourth-order valence-electron chi connectivity index (χ4n) is 0.359. The molecule has 0 saturated carbocycles. The molecule has 0 unspecified atom stereocenters. The molecule has 0 spiro atoms. The van der Waals surface area contributed by atoms with Gasteiger partial charge in [-0.15, -0.1) is 0 Å². The summed E-state index contributed by atoms with van der Waals surface area (Å²) in [5.74, 6) is 0.682. The lowest BCUT2D eigenvalue weighted by Crippen LogP contribution is -2.29. The SMILES string of the molecule is N=C(N)N1CSC=N1. The molecule has 1 aliphatic rings. The lowest BCUT2D eigenvalue weighted by molar-refractivity contribution is 0.526. The van der Waals surface area contributed by atoms with E-state index in [0.717, 1.165) is 0 Å². The minimum Gasteiger partial charge on any atom is -0.369 e. The first-order valence-corrected chi connectivity index (χ1v) is 3.11. The van der Waals surface area contributed by atoms with Crippen molar-refractivity contribution in [3.8, 4) is 0 Å². The number of thioether (sulfide) groups is 1. The van der Waals surface area contributed by atoms with Crippen molar-refractivity contribution in [3.63, 3.8) is 0 Å². The number of nitrogens with zero attached hydrogens (tertiary/aromatic N) is 2. The van der Waals surface area contributed by atoms with E-state index in [1.54, 1.807) is 5.55 Å². The number of hydrogen-bond donors (Lipinski definition) is 2. The zero-order chi connectivity index (χ0) is 5.98. The van der Waals surface area contributed by atoms with Crippen LogP contribution in [0.4, 0.5) is 0 Å². The maximum Gasteiger partial charge on any atom is 0.210 e. The minimum atomic E-state index is 0.00579.